The van der Waals surface area contributed by atoms with E-state index in [0.29, 0.717) is 15.9 Å². The Hall–Kier alpha value is -3.43. The van der Waals surface area contributed by atoms with Gasteiger partial charge in [-0.15, -0.1) is 11.8 Å². The van der Waals surface area contributed by atoms with E-state index in [0.717, 1.165) is 11.0 Å². The molecule has 3 rings (SSSR count). The fourth-order valence-corrected chi connectivity index (χ4v) is 3.82. The van der Waals surface area contributed by atoms with Crippen molar-refractivity contribution in [1.82, 2.24) is 0 Å². The van der Waals surface area contributed by atoms with Gasteiger partial charge in [0.1, 0.15) is 11.5 Å². The van der Waals surface area contributed by atoms with Crippen molar-refractivity contribution in [2.45, 2.75) is 17.1 Å². The molecule has 0 bridgehead atoms. The van der Waals surface area contributed by atoms with E-state index in [2.05, 4.69) is 21.2 Å². The van der Waals surface area contributed by atoms with E-state index in [1.165, 1.54) is 12.1 Å². The van der Waals surface area contributed by atoms with Crippen LogP contribution < -0.4 is 10.1 Å². The number of nitrogens with one attached hydrogen (secondary N) is 1. The second-order valence-electron chi connectivity index (χ2n) is 6.98. The van der Waals surface area contributed by atoms with Crippen molar-refractivity contribution in [1.29, 1.82) is 0 Å². The van der Waals surface area contributed by atoms with Crippen molar-refractivity contribution >= 4 is 45.4 Å². The molecule has 0 fully saturated rings. The van der Waals surface area contributed by atoms with E-state index in [1.54, 1.807) is 66.4 Å². The zero-order valence-electron chi connectivity index (χ0n) is 18.1. The highest BCUT2D eigenvalue weighted by Gasteiger charge is 2.30. The Morgan fingerprint density at radius 3 is 2.41 bits per heavy atom. The van der Waals surface area contributed by atoms with Crippen LogP contribution in [-0.4, -0.2) is 34.6 Å². The standard InChI is InChI=1S/C25H22BrNO6S/c1-34-19-10-8-17(9-11-19)27-25(31)33-24(20-15-16(26)7-12-21(20)28)22(13-14-23(29)30)32-18-5-3-2-4-6-18/h2-15,22,24,28H,1H3,(H,27,31)(H,29,30)/b14-13+/t22-,24-/m1/s1. The average molecular weight is 544 g/mol. The fraction of sp³-hybridized carbons (Fsp3) is 0.120. The number of ether oxygens (including phenoxy) is 2. The molecule has 176 valence electrons. The molecule has 3 aromatic rings. The molecule has 2 atom stereocenters. The summed E-state index contributed by atoms with van der Waals surface area (Å²) in [5.41, 5.74) is 0.750. The van der Waals surface area contributed by atoms with Crippen LogP contribution in [0, 0.1) is 0 Å². The number of hydrogen-bond acceptors (Lipinski definition) is 6. The van der Waals surface area contributed by atoms with Crippen LogP contribution in [0.5, 0.6) is 11.5 Å². The lowest BCUT2D eigenvalue weighted by molar-refractivity contribution is -0.131. The summed E-state index contributed by atoms with van der Waals surface area (Å²) in [5.74, 6) is -0.911. The number of anilines is 1. The number of thioether (sulfide) groups is 1. The van der Waals surface area contributed by atoms with Gasteiger partial charge in [-0.2, -0.15) is 0 Å². The van der Waals surface area contributed by atoms with Crippen molar-refractivity contribution in [2.75, 3.05) is 11.6 Å². The number of carboxylic acid groups (broad SMARTS) is 1. The number of aliphatic carboxylic acids is 1. The number of carbonyl (C=O) groups excluding carboxylic acids is 1. The monoisotopic (exact) mass is 543 g/mol. The summed E-state index contributed by atoms with van der Waals surface area (Å²) in [5, 5.41) is 22.4. The first kappa shape index (κ1) is 25.2. The molecule has 34 heavy (non-hydrogen) atoms. The summed E-state index contributed by atoms with van der Waals surface area (Å²) in [4.78, 5) is 25.1. The third-order valence-electron chi connectivity index (χ3n) is 4.61. The molecular weight excluding hydrogens is 522 g/mol. The first-order valence-corrected chi connectivity index (χ1v) is 12.1. The van der Waals surface area contributed by atoms with Crippen LogP contribution in [0.3, 0.4) is 0 Å². The minimum absolute atomic E-state index is 0.143. The maximum atomic E-state index is 12.8. The maximum Gasteiger partial charge on any atom is 0.412 e. The number of carbonyl (C=O) groups is 2. The minimum Gasteiger partial charge on any atom is -0.508 e. The molecule has 0 aliphatic carbocycles. The Bertz CT molecular complexity index is 1150. The highest BCUT2D eigenvalue weighted by Crippen LogP contribution is 2.34. The minimum atomic E-state index is -1.20. The molecule has 0 saturated heterocycles. The molecule has 3 aromatic carbocycles. The van der Waals surface area contributed by atoms with Gasteiger partial charge in [-0.05, 0) is 66.9 Å². The molecule has 0 heterocycles. The summed E-state index contributed by atoms with van der Waals surface area (Å²) in [6.45, 7) is 0. The molecule has 7 nitrogen and oxygen atoms in total. The Labute approximate surface area is 209 Å². The first-order chi connectivity index (χ1) is 16.4. The summed E-state index contributed by atoms with van der Waals surface area (Å²) >= 11 is 4.93. The Balaban J connectivity index is 1.95. The van der Waals surface area contributed by atoms with Gasteiger partial charge in [-0.1, -0.05) is 34.1 Å². The van der Waals surface area contributed by atoms with E-state index in [9.17, 15) is 19.8 Å². The third-order valence-corrected chi connectivity index (χ3v) is 5.85. The van der Waals surface area contributed by atoms with Gasteiger partial charge < -0.3 is 19.7 Å². The Morgan fingerprint density at radius 2 is 1.76 bits per heavy atom. The van der Waals surface area contributed by atoms with E-state index < -0.39 is 24.3 Å². The van der Waals surface area contributed by atoms with Crippen molar-refractivity contribution in [3.63, 3.8) is 0 Å². The fourth-order valence-electron chi connectivity index (χ4n) is 3.03. The number of carboxylic acids is 1. The average Bonchev–Trinajstić information content (AvgIpc) is 2.83. The summed E-state index contributed by atoms with van der Waals surface area (Å²) in [6, 6.07) is 20.5. The van der Waals surface area contributed by atoms with Gasteiger partial charge in [-0.25, -0.2) is 9.59 Å². The lowest BCUT2D eigenvalue weighted by atomic mass is 10.0. The number of amides is 1. The van der Waals surface area contributed by atoms with Crippen molar-refractivity contribution in [3.8, 4) is 11.5 Å². The number of para-hydroxylation sites is 1. The Morgan fingerprint density at radius 1 is 1.06 bits per heavy atom. The number of halogens is 1. The van der Waals surface area contributed by atoms with Crippen molar-refractivity contribution < 1.29 is 29.3 Å². The van der Waals surface area contributed by atoms with Gasteiger partial charge in [0, 0.05) is 26.7 Å². The van der Waals surface area contributed by atoms with Crippen LogP contribution in [0.25, 0.3) is 0 Å². The first-order valence-electron chi connectivity index (χ1n) is 10.1. The molecule has 0 saturated carbocycles. The van der Waals surface area contributed by atoms with Gasteiger partial charge in [0.25, 0.3) is 0 Å². The van der Waals surface area contributed by atoms with Crippen LogP contribution in [0.1, 0.15) is 11.7 Å². The summed E-state index contributed by atoms with van der Waals surface area (Å²) < 4.78 is 12.3. The molecule has 0 aliphatic heterocycles. The lowest BCUT2D eigenvalue weighted by Crippen LogP contribution is -2.30. The molecule has 3 N–H and O–H groups in total. The summed E-state index contributed by atoms with van der Waals surface area (Å²) in [6.07, 6.45) is 1.07. The highest BCUT2D eigenvalue weighted by atomic mass is 79.9. The number of hydrogen-bond donors (Lipinski definition) is 3. The topological polar surface area (TPSA) is 105 Å². The number of phenolic OH excluding ortho intramolecular Hbond substituents is 1. The van der Waals surface area contributed by atoms with E-state index in [4.69, 9.17) is 9.47 Å². The molecule has 0 aromatic heterocycles. The maximum absolute atomic E-state index is 12.8. The molecule has 1 amide bonds. The summed E-state index contributed by atoms with van der Waals surface area (Å²) in [7, 11) is 0. The number of phenols is 1. The second-order valence-corrected chi connectivity index (χ2v) is 8.77. The van der Waals surface area contributed by atoms with E-state index >= 15 is 0 Å². The quantitative estimate of drug-likeness (QED) is 0.216. The van der Waals surface area contributed by atoms with Crippen LogP contribution in [-0.2, 0) is 9.53 Å². The van der Waals surface area contributed by atoms with E-state index in [1.807, 2.05) is 18.4 Å². The van der Waals surface area contributed by atoms with Crippen LogP contribution >= 0.6 is 27.7 Å². The van der Waals surface area contributed by atoms with Crippen LogP contribution in [0.2, 0.25) is 0 Å². The molecule has 0 aliphatic rings. The smallest absolute Gasteiger partial charge is 0.412 e. The van der Waals surface area contributed by atoms with E-state index in [-0.39, 0.29) is 11.3 Å². The number of benzene rings is 3. The Kier molecular flexibility index (Phi) is 9.00. The predicted molar refractivity (Wildman–Crippen MR) is 135 cm³/mol. The van der Waals surface area contributed by atoms with Crippen molar-refractivity contribution in [2.24, 2.45) is 0 Å². The van der Waals surface area contributed by atoms with Crippen LogP contribution in [0.4, 0.5) is 10.5 Å². The molecule has 0 unspecified atom stereocenters. The van der Waals surface area contributed by atoms with Gasteiger partial charge in [0.15, 0.2) is 12.2 Å². The SMILES string of the molecule is CSc1ccc(NC(=O)O[C@H](c2cc(Br)ccc2O)[C@@H](/C=C/C(=O)O)Oc2ccccc2)cc1. The number of rotatable bonds is 9. The zero-order valence-corrected chi connectivity index (χ0v) is 20.5. The van der Waals surface area contributed by atoms with Gasteiger partial charge in [0.05, 0.1) is 0 Å². The molecule has 9 heteroatoms. The normalized spacial score (nSPS) is 12.6. The molecular formula is C25H22BrNO6S. The molecule has 0 spiro atoms. The van der Waals surface area contributed by atoms with Crippen LogP contribution in [0.15, 0.2) is 94.3 Å². The van der Waals surface area contributed by atoms with Gasteiger partial charge >= 0.3 is 12.1 Å². The predicted octanol–water partition coefficient (Wildman–Crippen LogP) is 6.25. The molecule has 0 radical (unpaired) electrons. The van der Waals surface area contributed by atoms with Gasteiger partial charge in [-0.3, -0.25) is 5.32 Å². The van der Waals surface area contributed by atoms with Crippen molar-refractivity contribution in [3.05, 3.63) is 95.0 Å². The second kappa shape index (κ2) is 12.2. The third kappa shape index (κ3) is 7.29. The number of aromatic hydroxyl groups is 1. The lowest BCUT2D eigenvalue weighted by Gasteiger charge is -2.27. The highest BCUT2D eigenvalue weighted by molar-refractivity contribution is 9.10. The largest absolute Gasteiger partial charge is 0.508 e. The zero-order chi connectivity index (χ0) is 24.5. The van der Waals surface area contributed by atoms with Gasteiger partial charge in [0.2, 0.25) is 0 Å².